The first-order valence-corrected chi connectivity index (χ1v) is 5.30. The fraction of sp³-hybridized carbons (Fsp3) is 0.333. The highest BCUT2D eigenvalue weighted by Crippen LogP contribution is 2.18. The van der Waals surface area contributed by atoms with Gasteiger partial charge in [-0.3, -0.25) is 0 Å². The van der Waals surface area contributed by atoms with Crippen molar-refractivity contribution in [3.05, 3.63) is 22.7 Å². The van der Waals surface area contributed by atoms with E-state index in [1.54, 1.807) is 0 Å². The molecule has 0 aliphatic carbocycles. The highest BCUT2D eigenvalue weighted by molar-refractivity contribution is 5.66. The summed E-state index contributed by atoms with van der Waals surface area (Å²) in [6, 6.07) is 0. The lowest BCUT2D eigenvalue weighted by molar-refractivity contribution is 0.511. The molecule has 0 saturated carbocycles. The Balaban J connectivity index is 2.24. The van der Waals surface area contributed by atoms with Gasteiger partial charge in [-0.15, -0.1) is 15.3 Å². The summed E-state index contributed by atoms with van der Waals surface area (Å²) in [5.41, 5.74) is 0.311. The van der Waals surface area contributed by atoms with E-state index in [4.69, 9.17) is 4.42 Å². The lowest BCUT2D eigenvalue weighted by Gasteiger charge is -1.95. The molecule has 9 heteroatoms. The van der Waals surface area contributed by atoms with Crippen LogP contribution < -0.4 is 5.69 Å². The number of hydrogen-bond acceptors (Lipinski definition) is 7. The first kappa shape index (κ1) is 10.6. The summed E-state index contributed by atoms with van der Waals surface area (Å²) in [4.78, 5) is 15.8. The van der Waals surface area contributed by atoms with Gasteiger partial charge in [0.2, 0.25) is 5.89 Å². The Hall–Kier alpha value is -2.58. The Morgan fingerprint density at radius 2 is 2.17 bits per heavy atom. The van der Waals surface area contributed by atoms with Crippen molar-refractivity contribution in [3.8, 4) is 11.6 Å². The molecule has 0 N–H and O–H groups in total. The molecule has 0 radical (unpaired) electrons. The van der Waals surface area contributed by atoms with E-state index in [1.165, 1.54) is 17.8 Å². The predicted octanol–water partition coefficient (Wildman–Crippen LogP) is -0.565. The molecule has 3 aromatic rings. The standard InChI is InChI=1S/C9H9N7O2/c1-3-5-11-13-8(18-5)6-7-12-14-15(2)9(17)16(7)4-10-6/h4H,3H2,1-2H3. The monoisotopic (exact) mass is 247 g/mol. The highest BCUT2D eigenvalue weighted by atomic mass is 16.4. The maximum absolute atomic E-state index is 11.8. The number of nitrogens with zero attached hydrogens (tertiary/aromatic N) is 7. The van der Waals surface area contributed by atoms with Gasteiger partial charge in [-0.05, 0) is 0 Å². The van der Waals surface area contributed by atoms with Gasteiger partial charge in [-0.2, -0.15) is 4.68 Å². The van der Waals surface area contributed by atoms with Crippen molar-refractivity contribution < 1.29 is 4.42 Å². The van der Waals surface area contributed by atoms with Crippen molar-refractivity contribution in [2.24, 2.45) is 7.05 Å². The largest absolute Gasteiger partial charge is 0.419 e. The molecule has 3 aromatic heterocycles. The maximum Gasteiger partial charge on any atom is 0.352 e. The van der Waals surface area contributed by atoms with E-state index >= 15 is 0 Å². The van der Waals surface area contributed by atoms with Gasteiger partial charge in [0.15, 0.2) is 11.3 Å². The summed E-state index contributed by atoms with van der Waals surface area (Å²) in [5.74, 6) is 0.736. The van der Waals surface area contributed by atoms with Crippen molar-refractivity contribution in [3.63, 3.8) is 0 Å². The molecule has 3 rings (SSSR count). The van der Waals surface area contributed by atoms with Crippen molar-refractivity contribution >= 4 is 5.65 Å². The molecule has 0 spiro atoms. The fourth-order valence-electron chi connectivity index (χ4n) is 1.52. The Labute approximate surface area is 100 Å². The van der Waals surface area contributed by atoms with Gasteiger partial charge in [-0.1, -0.05) is 12.1 Å². The molecule has 0 fully saturated rings. The van der Waals surface area contributed by atoms with Crippen LogP contribution in [0.15, 0.2) is 15.5 Å². The quantitative estimate of drug-likeness (QED) is 0.597. The van der Waals surface area contributed by atoms with Crippen LogP contribution in [0.2, 0.25) is 0 Å². The van der Waals surface area contributed by atoms with Crippen molar-refractivity contribution in [2.45, 2.75) is 13.3 Å². The summed E-state index contributed by atoms with van der Waals surface area (Å²) < 4.78 is 7.77. The molecule has 0 unspecified atom stereocenters. The Kier molecular flexibility index (Phi) is 2.18. The minimum absolute atomic E-state index is 0.233. The van der Waals surface area contributed by atoms with E-state index < -0.39 is 0 Å². The van der Waals surface area contributed by atoms with Crippen LogP contribution in [0.4, 0.5) is 0 Å². The zero-order valence-corrected chi connectivity index (χ0v) is 9.73. The third-order valence-electron chi connectivity index (χ3n) is 2.47. The third kappa shape index (κ3) is 1.40. The second kappa shape index (κ2) is 3.72. The lowest BCUT2D eigenvalue weighted by Crippen LogP contribution is -2.26. The zero-order valence-electron chi connectivity index (χ0n) is 9.73. The lowest BCUT2D eigenvalue weighted by atomic mass is 10.4. The molecule has 0 aliphatic heterocycles. The summed E-state index contributed by atoms with van der Waals surface area (Å²) >= 11 is 0. The van der Waals surface area contributed by atoms with Gasteiger partial charge in [0.05, 0.1) is 0 Å². The van der Waals surface area contributed by atoms with E-state index in [1.807, 2.05) is 6.92 Å². The Morgan fingerprint density at radius 1 is 1.33 bits per heavy atom. The second-order valence-electron chi connectivity index (χ2n) is 3.64. The van der Waals surface area contributed by atoms with Crippen LogP contribution >= 0.6 is 0 Å². The van der Waals surface area contributed by atoms with Crippen LogP contribution in [0.1, 0.15) is 12.8 Å². The molecule has 0 aromatic carbocycles. The molecule has 0 atom stereocenters. The van der Waals surface area contributed by atoms with E-state index in [0.717, 1.165) is 4.68 Å². The average Bonchev–Trinajstić information content (AvgIpc) is 2.99. The minimum atomic E-state index is -0.339. The smallest absolute Gasteiger partial charge is 0.352 e. The van der Waals surface area contributed by atoms with Crippen LogP contribution in [0.5, 0.6) is 0 Å². The van der Waals surface area contributed by atoms with Crippen molar-refractivity contribution in [1.82, 2.24) is 34.6 Å². The molecular weight excluding hydrogens is 238 g/mol. The number of aryl methyl sites for hydroxylation is 2. The summed E-state index contributed by atoms with van der Waals surface area (Å²) in [7, 11) is 1.51. The number of rotatable bonds is 2. The molecule has 3 heterocycles. The molecule has 18 heavy (non-hydrogen) atoms. The summed E-state index contributed by atoms with van der Waals surface area (Å²) in [5, 5.41) is 15.3. The highest BCUT2D eigenvalue weighted by Gasteiger charge is 2.17. The zero-order chi connectivity index (χ0) is 12.7. The Morgan fingerprint density at radius 3 is 2.89 bits per heavy atom. The van der Waals surface area contributed by atoms with Crippen LogP contribution in [0.3, 0.4) is 0 Å². The average molecular weight is 247 g/mol. The van der Waals surface area contributed by atoms with E-state index in [-0.39, 0.29) is 11.6 Å². The third-order valence-corrected chi connectivity index (χ3v) is 2.47. The SMILES string of the molecule is CCc1nnc(-c2ncn3c(=O)n(C)nnc23)o1. The molecule has 0 amide bonds. The molecule has 9 nitrogen and oxygen atoms in total. The van der Waals surface area contributed by atoms with Crippen molar-refractivity contribution in [1.29, 1.82) is 0 Å². The van der Waals surface area contributed by atoms with Gasteiger partial charge in [-0.25, -0.2) is 14.2 Å². The normalized spacial score (nSPS) is 11.2. The van der Waals surface area contributed by atoms with Gasteiger partial charge >= 0.3 is 5.69 Å². The van der Waals surface area contributed by atoms with Crippen LogP contribution in [0, 0.1) is 0 Å². The molecule has 0 aliphatic rings. The van der Waals surface area contributed by atoms with Crippen LogP contribution in [0.25, 0.3) is 17.2 Å². The van der Waals surface area contributed by atoms with Gasteiger partial charge < -0.3 is 4.42 Å². The predicted molar refractivity (Wildman–Crippen MR) is 58.7 cm³/mol. The molecular formula is C9H9N7O2. The van der Waals surface area contributed by atoms with Crippen LogP contribution in [-0.4, -0.2) is 34.6 Å². The van der Waals surface area contributed by atoms with E-state index in [2.05, 4.69) is 25.5 Å². The van der Waals surface area contributed by atoms with Crippen molar-refractivity contribution in [2.75, 3.05) is 0 Å². The van der Waals surface area contributed by atoms with E-state index in [9.17, 15) is 4.79 Å². The molecule has 92 valence electrons. The maximum atomic E-state index is 11.8. The van der Waals surface area contributed by atoms with Gasteiger partial charge in [0, 0.05) is 13.5 Å². The first-order chi connectivity index (χ1) is 8.70. The number of aromatic nitrogens is 7. The topological polar surface area (TPSA) is 104 Å². The number of imidazole rings is 1. The Bertz CT molecular complexity index is 769. The second-order valence-corrected chi connectivity index (χ2v) is 3.64. The van der Waals surface area contributed by atoms with Crippen LogP contribution in [-0.2, 0) is 13.5 Å². The molecule has 0 saturated heterocycles. The van der Waals surface area contributed by atoms with E-state index in [0.29, 0.717) is 23.7 Å². The minimum Gasteiger partial charge on any atom is -0.419 e. The number of fused-ring (bicyclic) bond motifs is 1. The molecule has 0 bridgehead atoms. The number of hydrogen-bond donors (Lipinski definition) is 0. The first-order valence-electron chi connectivity index (χ1n) is 5.30. The van der Waals surface area contributed by atoms with Gasteiger partial charge in [0.1, 0.15) is 6.33 Å². The summed E-state index contributed by atoms with van der Waals surface area (Å²) in [6.07, 6.45) is 1.99. The fourth-order valence-corrected chi connectivity index (χ4v) is 1.52. The summed E-state index contributed by atoms with van der Waals surface area (Å²) in [6.45, 7) is 1.90. The van der Waals surface area contributed by atoms with Gasteiger partial charge in [0.25, 0.3) is 5.89 Å².